The van der Waals surface area contributed by atoms with Crippen molar-refractivity contribution in [1.29, 1.82) is 0 Å². The molecule has 1 fully saturated rings. The molecule has 0 radical (unpaired) electrons. The summed E-state index contributed by atoms with van der Waals surface area (Å²) < 4.78 is 5.55. The van der Waals surface area contributed by atoms with Crippen LogP contribution in [0.25, 0.3) is 0 Å². The third kappa shape index (κ3) is 3.44. The number of morpholine rings is 1. The van der Waals surface area contributed by atoms with Crippen molar-refractivity contribution in [3.05, 3.63) is 66.0 Å². The predicted octanol–water partition coefficient (Wildman–Crippen LogP) is 1.30. The van der Waals surface area contributed by atoms with Gasteiger partial charge in [-0.15, -0.1) is 0 Å². The van der Waals surface area contributed by atoms with Crippen molar-refractivity contribution < 1.29 is 14.3 Å². The molecule has 2 atom stereocenters. The molecule has 2 heterocycles. The molecule has 6 heteroatoms. The summed E-state index contributed by atoms with van der Waals surface area (Å²) in [6.07, 6.45) is 0.927. The summed E-state index contributed by atoms with van der Waals surface area (Å²) in [5, 5.41) is 2.84. The summed E-state index contributed by atoms with van der Waals surface area (Å²) in [6, 6.07) is 14.5. The van der Waals surface area contributed by atoms with Crippen molar-refractivity contribution >= 4 is 11.8 Å². The van der Waals surface area contributed by atoms with Crippen LogP contribution in [0, 0.1) is 0 Å². The summed E-state index contributed by atoms with van der Waals surface area (Å²) >= 11 is 0. The second-order valence-electron chi connectivity index (χ2n) is 5.63. The minimum Gasteiger partial charge on any atom is -0.356 e. The maximum Gasteiger partial charge on any atom is 0.252 e. The molecule has 0 saturated carbocycles. The van der Waals surface area contributed by atoms with Gasteiger partial charge in [-0.1, -0.05) is 36.4 Å². The van der Waals surface area contributed by atoms with Gasteiger partial charge >= 0.3 is 0 Å². The van der Waals surface area contributed by atoms with Gasteiger partial charge in [-0.05, 0) is 17.7 Å². The van der Waals surface area contributed by atoms with Crippen LogP contribution >= 0.6 is 0 Å². The highest BCUT2D eigenvalue weighted by atomic mass is 16.5. The molecule has 2 amide bonds. The molecule has 0 bridgehead atoms. The minimum atomic E-state index is -0.751. The van der Waals surface area contributed by atoms with Crippen molar-refractivity contribution in [2.45, 2.75) is 18.7 Å². The van der Waals surface area contributed by atoms with Crippen molar-refractivity contribution in [1.82, 2.24) is 15.2 Å². The fraction of sp³-hybridized carbons (Fsp3) is 0.278. The standard InChI is InChI=1S/C18H19N3O3/c1-21-15(22)12-24-17(16(21)13-7-3-2-4-8-13)18(23)20-11-14-9-5-6-10-19-14/h2-10,16-17H,11-12H2,1H3,(H,20,23)/t16-,17-/m1/s1. The van der Waals surface area contributed by atoms with Gasteiger partial charge < -0.3 is 15.0 Å². The molecule has 0 spiro atoms. The van der Waals surface area contributed by atoms with E-state index in [-0.39, 0.29) is 18.4 Å². The fourth-order valence-electron chi connectivity index (χ4n) is 2.76. The monoisotopic (exact) mass is 325 g/mol. The number of pyridine rings is 1. The molecule has 1 aliphatic rings. The summed E-state index contributed by atoms with van der Waals surface area (Å²) in [6.45, 7) is 0.222. The van der Waals surface area contributed by atoms with Gasteiger partial charge in [0.25, 0.3) is 5.91 Å². The zero-order chi connectivity index (χ0) is 16.9. The SMILES string of the molecule is CN1C(=O)CO[C@@H](C(=O)NCc2ccccn2)[C@H]1c1ccccc1. The molecule has 24 heavy (non-hydrogen) atoms. The van der Waals surface area contributed by atoms with Gasteiger partial charge in [-0.25, -0.2) is 0 Å². The van der Waals surface area contributed by atoms with Crippen LogP contribution in [0.2, 0.25) is 0 Å². The number of benzene rings is 1. The van der Waals surface area contributed by atoms with Gasteiger partial charge in [0.1, 0.15) is 6.61 Å². The highest BCUT2D eigenvalue weighted by molar-refractivity contribution is 5.86. The summed E-state index contributed by atoms with van der Waals surface area (Å²) in [5.41, 5.74) is 1.63. The molecule has 6 nitrogen and oxygen atoms in total. The molecular formula is C18H19N3O3. The first-order valence-corrected chi connectivity index (χ1v) is 7.76. The van der Waals surface area contributed by atoms with E-state index in [1.807, 2.05) is 48.5 Å². The van der Waals surface area contributed by atoms with Crippen LogP contribution in [0.1, 0.15) is 17.3 Å². The van der Waals surface area contributed by atoms with Crippen LogP contribution in [-0.2, 0) is 20.9 Å². The fourth-order valence-corrected chi connectivity index (χ4v) is 2.76. The molecule has 1 aromatic carbocycles. The Balaban J connectivity index is 1.76. The van der Waals surface area contributed by atoms with Crippen LogP contribution in [-0.4, -0.2) is 41.5 Å². The molecular weight excluding hydrogens is 306 g/mol. The zero-order valence-corrected chi connectivity index (χ0v) is 13.4. The van der Waals surface area contributed by atoms with E-state index in [0.29, 0.717) is 6.54 Å². The second-order valence-corrected chi connectivity index (χ2v) is 5.63. The maximum absolute atomic E-state index is 12.6. The van der Waals surface area contributed by atoms with Crippen molar-refractivity contribution in [2.24, 2.45) is 0 Å². The lowest BCUT2D eigenvalue weighted by Gasteiger charge is -2.38. The number of likely N-dealkylation sites (N-methyl/N-ethyl adjacent to an activating group) is 1. The van der Waals surface area contributed by atoms with Crippen LogP contribution in [0.5, 0.6) is 0 Å². The number of aromatic nitrogens is 1. The first kappa shape index (κ1) is 16.1. The van der Waals surface area contributed by atoms with E-state index in [9.17, 15) is 9.59 Å². The first-order chi connectivity index (χ1) is 11.7. The van der Waals surface area contributed by atoms with Crippen molar-refractivity contribution in [2.75, 3.05) is 13.7 Å². The lowest BCUT2D eigenvalue weighted by Crippen LogP contribution is -2.52. The molecule has 3 rings (SSSR count). The molecule has 1 aromatic heterocycles. The Morgan fingerprint density at radius 1 is 1.25 bits per heavy atom. The number of hydrogen-bond acceptors (Lipinski definition) is 4. The second kappa shape index (κ2) is 7.23. The Hall–Kier alpha value is -2.73. The summed E-state index contributed by atoms with van der Waals surface area (Å²) in [4.78, 5) is 30.3. The molecule has 1 N–H and O–H groups in total. The van der Waals surface area contributed by atoms with E-state index < -0.39 is 12.1 Å². The van der Waals surface area contributed by atoms with E-state index in [4.69, 9.17) is 4.74 Å². The number of nitrogens with one attached hydrogen (secondary N) is 1. The van der Waals surface area contributed by atoms with Gasteiger partial charge in [0.15, 0.2) is 6.10 Å². The minimum absolute atomic E-state index is 0.0957. The Bertz CT molecular complexity index is 706. The van der Waals surface area contributed by atoms with E-state index in [0.717, 1.165) is 11.3 Å². The Labute approximate surface area is 140 Å². The van der Waals surface area contributed by atoms with Crippen molar-refractivity contribution in [3.63, 3.8) is 0 Å². The lowest BCUT2D eigenvalue weighted by molar-refractivity contribution is -0.162. The predicted molar refractivity (Wildman–Crippen MR) is 87.8 cm³/mol. The maximum atomic E-state index is 12.6. The smallest absolute Gasteiger partial charge is 0.252 e. The molecule has 2 aromatic rings. The van der Waals surface area contributed by atoms with E-state index in [1.54, 1.807) is 18.1 Å². The Morgan fingerprint density at radius 3 is 2.71 bits per heavy atom. The van der Waals surface area contributed by atoms with E-state index in [2.05, 4.69) is 10.3 Å². The van der Waals surface area contributed by atoms with Crippen LogP contribution in [0.4, 0.5) is 0 Å². The molecule has 0 unspecified atom stereocenters. The Morgan fingerprint density at radius 2 is 2.00 bits per heavy atom. The molecule has 1 saturated heterocycles. The van der Waals surface area contributed by atoms with Crippen LogP contribution in [0.15, 0.2) is 54.7 Å². The zero-order valence-electron chi connectivity index (χ0n) is 13.4. The number of ether oxygens (including phenoxy) is 1. The summed E-state index contributed by atoms with van der Waals surface area (Å²) in [7, 11) is 1.70. The van der Waals surface area contributed by atoms with Gasteiger partial charge in [0.05, 0.1) is 18.3 Å². The average Bonchev–Trinajstić information content (AvgIpc) is 2.63. The number of rotatable bonds is 4. The summed E-state index contributed by atoms with van der Waals surface area (Å²) in [5.74, 6) is -0.397. The van der Waals surface area contributed by atoms with Gasteiger partial charge in [0, 0.05) is 13.2 Å². The molecule has 124 valence electrons. The highest BCUT2D eigenvalue weighted by Gasteiger charge is 2.39. The van der Waals surface area contributed by atoms with Crippen LogP contribution in [0.3, 0.4) is 0 Å². The van der Waals surface area contributed by atoms with Crippen molar-refractivity contribution in [3.8, 4) is 0 Å². The Kier molecular flexibility index (Phi) is 4.86. The number of amides is 2. The third-order valence-electron chi connectivity index (χ3n) is 4.05. The highest BCUT2D eigenvalue weighted by Crippen LogP contribution is 2.29. The largest absolute Gasteiger partial charge is 0.356 e. The molecule has 0 aliphatic carbocycles. The van der Waals surface area contributed by atoms with Gasteiger partial charge in [0.2, 0.25) is 5.91 Å². The van der Waals surface area contributed by atoms with Gasteiger partial charge in [-0.2, -0.15) is 0 Å². The number of nitrogens with zero attached hydrogens (tertiary/aromatic N) is 2. The van der Waals surface area contributed by atoms with E-state index in [1.165, 1.54) is 0 Å². The quantitative estimate of drug-likeness (QED) is 0.920. The number of carbonyl (C=O) groups is 2. The lowest BCUT2D eigenvalue weighted by atomic mass is 9.97. The average molecular weight is 325 g/mol. The normalized spacial score (nSPS) is 20.7. The third-order valence-corrected chi connectivity index (χ3v) is 4.05. The van der Waals surface area contributed by atoms with Gasteiger partial charge in [-0.3, -0.25) is 14.6 Å². The van der Waals surface area contributed by atoms with E-state index >= 15 is 0 Å². The molecule has 1 aliphatic heterocycles. The first-order valence-electron chi connectivity index (χ1n) is 7.76. The topological polar surface area (TPSA) is 71.5 Å². The number of carbonyl (C=O) groups excluding carboxylic acids is 2. The van der Waals surface area contributed by atoms with Crippen LogP contribution < -0.4 is 5.32 Å². The number of hydrogen-bond donors (Lipinski definition) is 1.